The van der Waals surface area contributed by atoms with Gasteiger partial charge in [0, 0.05) is 12.6 Å². The predicted molar refractivity (Wildman–Crippen MR) is 69.7 cm³/mol. The summed E-state index contributed by atoms with van der Waals surface area (Å²) in [6.45, 7) is 7.57. The van der Waals surface area contributed by atoms with E-state index >= 15 is 0 Å². The highest BCUT2D eigenvalue weighted by Crippen LogP contribution is 2.22. The fourth-order valence-electron chi connectivity index (χ4n) is 3.35. The number of nitrogens with one attached hydrogen (secondary N) is 1. The lowest BCUT2D eigenvalue weighted by atomic mass is 9.97. The van der Waals surface area contributed by atoms with E-state index in [2.05, 4.69) is 17.1 Å². The first-order valence-corrected chi connectivity index (χ1v) is 7.35. The number of likely N-dealkylation sites (tertiary alicyclic amines) is 1. The number of hydrogen-bond donors (Lipinski definition) is 1. The molecule has 2 fully saturated rings. The zero-order valence-corrected chi connectivity index (χ0v) is 10.9. The van der Waals surface area contributed by atoms with Crippen LogP contribution in [0.15, 0.2) is 0 Å². The van der Waals surface area contributed by atoms with Gasteiger partial charge in [0.2, 0.25) is 0 Å². The molecule has 94 valence electrons. The molecule has 2 rings (SSSR count). The molecule has 0 aromatic heterocycles. The predicted octanol–water partition coefficient (Wildman–Crippen LogP) is 2.64. The van der Waals surface area contributed by atoms with E-state index < -0.39 is 0 Å². The molecule has 2 heteroatoms. The lowest BCUT2D eigenvalue weighted by Crippen LogP contribution is -2.42. The van der Waals surface area contributed by atoms with Gasteiger partial charge in [0.1, 0.15) is 0 Å². The van der Waals surface area contributed by atoms with Crippen LogP contribution in [-0.2, 0) is 0 Å². The summed E-state index contributed by atoms with van der Waals surface area (Å²) in [7, 11) is 0. The molecular formula is C14H28N2. The minimum absolute atomic E-state index is 0.879. The van der Waals surface area contributed by atoms with Crippen LogP contribution in [0.3, 0.4) is 0 Å². The average Bonchev–Trinajstić information content (AvgIpc) is 2.55. The molecule has 0 aromatic carbocycles. The first-order valence-electron chi connectivity index (χ1n) is 7.35. The van der Waals surface area contributed by atoms with Crippen molar-refractivity contribution in [1.82, 2.24) is 10.2 Å². The molecule has 0 radical (unpaired) electrons. The van der Waals surface area contributed by atoms with Gasteiger partial charge in [-0.1, -0.05) is 19.8 Å². The second kappa shape index (κ2) is 6.61. The molecule has 0 aromatic rings. The van der Waals surface area contributed by atoms with E-state index in [0.717, 1.165) is 12.0 Å². The summed E-state index contributed by atoms with van der Waals surface area (Å²) in [5.41, 5.74) is 0. The molecule has 2 nitrogen and oxygen atoms in total. The topological polar surface area (TPSA) is 15.3 Å². The molecule has 0 saturated carbocycles. The Morgan fingerprint density at radius 3 is 2.81 bits per heavy atom. The monoisotopic (exact) mass is 224 g/mol. The summed E-state index contributed by atoms with van der Waals surface area (Å²) in [6.07, 6.45) is 9.95. The zero-order valence-electron chi connectivity index (χ0n) is 10.9. The Balaban J connectivity index is 1.83. The summed E-state index contributed by atoms with van der Waals surface area (Å²) < 4.78 is 0. The SMILES string of the molecule is CCC1CCCCCN1CC1CCCNC1. The number of hydrogen-bond acceptors (Lipinski definition) is 2. The highest BCUT2D eigenvalue weighted by Gasteiger charge is 2.23. The molecule has 0 aliphatic carbocycles. The molecular weight excluding hydrogens is 196 g/mol. The Morgan fingerprint density at radius 1 is 1.12 bits per heavy atom. The molecule has 1 N–H and O–H groups in total. The van der Waals surface area contributed by atoms with Gasteiger partial charge in [0.05, 0.1) is 0 Å². The Hall–Kier alpha value is -0.0800. The zero-order chi connectivity index (χ0) is 11.2. The van der Waals surface area contributed by atoms with E-state index in [-0.39, 0.29) is 0 Å². The van der Waals surface area contributed by atoms with E-state index in [0.29, 0.717) is 0 Å². The van der Waals surface area contributed by atoms with Gasteiger partial charge in [-0.2, -0.15) is 0 Å². The van der Waals surface area contributed by atoms with Crippen molar-refractivity contribution < 1.29 is 0 Å². The maximum absolute atomic E-state index is 3.55. The smallest absolute Gasteiger partial charge is 0.00927 e. The quantitative estimate of drug-likeness (QED) is 0.793. The molecule has 0 spiro atoms. The maximum atomic E-state index is 3.55. The fourth-order valence-corrected chi connectivity index (χ4v) is 3.35. The van der Waals surface area contributed by atoms with Crippen LogP contribution in [0, 0.1) is 5.92 Å². The molecule has 2 aliphatic heterocycles. The average molecular weight is 224 g/mol. The van der Waals surface area contributed by atoms with Crippen molar-refractivity contribution in [2.45, 2.75) is 57.9 Å². The minimum Gasteiger partial charge on any atom is -0.316 e. The molecule has 16 heavy (non-hydrogen) atoms. The van der Waals surface area contributed by atoms with Crippen molar-refractivity contribution in [3.8, 4) is 0 Å². The van der Waals surface area contributed by atoms with Crippen LogP contribution in [0.4, 0.5) is 0 Å². The highest BCUT2D eigenvalue weighted by molar-refractivity contribution is 4.79. The van der Waals surface area contributed by atoms with Crippen LogP contribution in [0.2, 0.25) is 0 Å². The number of nitrogens with zero attached hydrogens (tertiary/aromatic N) is 1. The molecule has 2 saturated heterocycles. The number of rotatable bonds is 3. The van der Waals surface area contributed by atoms with E-state index in [1.165, 1.54) is 71.1 Å². The van der Waals surface area contributed by atoms with Crippen molar-refractivity contribution in [3.05, 3.63) is 0 Å². The van der Waals surface area contributed by atoms with Gasteiger partial charge in [-0.15, -0.1) is 0 Å². The Labute approximate surface area is 101 Å². The third kappa shape index (κ3) is 3.46. The summed E-state index contributed by atoms with van der Waals surface area (Å²) >= 11 is 0. The standard InChI is InChI=1S/C14H28N2/c1-2-14-8-4-3-5-10-16(14)12-13-7-6-9-15-11-13/h13-15H,2-12H2,1H3. The minimum atomic E-state index is 0.879. The van der Waals surface area contributed by atoms with Crippen LogP contribution in [-0.4, -0.2) is 37.1 Å². The van der Waals surface area contributed by atoms with Crippen molar-refractivity contribution >= 4 is 0 Å². The summed E-state index contributed by atoms with van der Waals surface area (Å²) in [4.78, 5) is 2.80. The largest absolute Gasteiger partial charge is 0.316 e. The van der Waals surface area contributed by atoms with Crippen LogP contribution in [0.1, 0.15) is 51.9 Å². The van der Waals surface area contributed by atoms with Crippen LogP contribution >= 0.6 is 0 Å². The van der Waals surface area contributed by atoms with Gasteiger partial charge in [-0.05, 0) is 57.7 Å². The van der Waals surface area contributed by atoms with Gasteiger partial charge in [-0.3, -0.25) is 0 Å². The van der Waals surface area contributed by atoms with Crippen LogP contribution < -0.4 is 5.32 Å². The maximum Gasteiger partial charge on any atom is 0.00927 e. The number of piperidine rings is 1. The normalized spacial score (nSPS) is 33.6. The second-order valence-electron chi connectivity index (χ2n) is 5.62. The van der Waals surface area contributed by atoms with Crippen molar-refractivity contribution in [1.29, 1.82) is 0 Å². The first kappa shape index (κ1) is 12.4. The molecule has 2 unspecified atom stereocenters. The second-order valence-corrected chi connectivity index (χ2v) is 5.62. The third-order valence-corrected chi connectivity index (χ3v) is 4.36. The molecule has 0 bridgehead atoms. The van der Waals surface area contributed by atoms with Gasteiger partial charge in [0.25, 0.3) is 0 Å². The van der Waals surface area contributed by atoms with Crippen molar-refractivity contribution in [2.75, 3.05) is 26.2 Å². The Morgan fingerprint density at radius 2 is 2.06 bits per heavy atom. The van der Waals surface area contributed by atoms with E-state index in [1.54, 1.807) is 0 Å². The van der Waals surface area contributed by atoms with E-state index in [9.17, 15) is 0 Å². The van der Waals surface area contributed by atoms with E-state index in [1.807, 2.05) is 0 Å². The third-order valence-electron chi connectivity index (χ3n) is 4.36. The fraction of sp³-hybridized carbons (Fsp3) is 1.00. The first-order chi connectivity index (χ1) is 7.90. The molecule has 2 heterocycles. The van der Waals surface area contributed by atoms with Gasteiger partial charge in [-0.25, -0.2) is 0 Å². The van der Waals surface area contributed by atoms with Crippen LogP contribution in [0.5, 0.6) is 0 Å². The van der Waals surface area contributed by atoms with Crippen molar-refractivity contribution in [3.63, 3.8) is 0 Å². The van der Waals surface area contributed by atoms with Crippen molar-refractivity contribution in [2.24, 2.45) is 5.92 Å². The molecule has 2 atom stereocenters. The van der Waals surface area contributed by atoms with E-state index in [4.69, 9.17) is 0 Å². The highest BCUT2D eigenvalue weighted by atomic mass is 15.2. The Kier molecular flexibility index (Phi) is 5.11. The summed E-state index contributed by atoms with van der Waals surface area (Å²) in [5, 5.41) is 3.55. The molecule has 0 amide bonds. The van der Waals surface area contributed by atoms with Crippen LogP contribution in [0.25, 0.3) is 0 Å². The van der Waals surface area contributed by atoms with Gasteiger partial charge < -0.3 is 10.2 Å². The Bertz CT molecular complexity index is 187. The van der Waals surface area contributed by atoms with Gasteiger partial charge in [0.15, 0.2) is 0 Å². The summed E-state index contributed by atoms with van der Waals surface area (Å²) in [6, 6.07) is 0.879. The lowest BCUT2D eigenvalue weighted by Gasteiger charge is -2.34. The summed E-state index contributed by atoms with van der Waals surface area (Å²) in [5.74, 6) is 0.917. The van der Waals surface area contributed by atoms with Gasteiger partial charge >= 0.3 is 0 Å². The molecule has 2 aliphatic rings. The lowest BCUT2D eigenvalue weighted by molar-refractivity contribution is 0.152.